The Labute approximate surface area is 168 Å². The average Bonchev–Trinajstić information content (AvgIpc) is 3.20. The number of nitrogens with one attached hydrogen (secondary N) is 1. The summed E-state index contributed by atoms with van der Waals surface area (Å²) in [5.74, 6) is -1.62. The summed E-state index contributed by atoms with van der Waals surface area (Å²) >= 11 is 11.9. The topological polar surface area (TPSA) is 105 Å². The van der Waals surface area contributed by atoms with Gasteiger partial charge in [0, 0.05) is 15.6 Å². The maximum absolute atomic E-state index is 12.3. The molecule has 1 aliphatic heterocycles. The van der Waals surface area contributed by atoms with Gasteiger partial charge < -0.3 is 4.42 Å². The number of fused-ring (bicyclic) bond motifs is 1. The number of carbonyl (C=O) groups is 3. The van der Waals surface area contributed by atoms with E-state index in [-0.39, 0.29) is 23.0 Å². The van der Waals surface area contributed by atoms with Crippen LogP contribution in [0.2, 0.25) is 10.0 Å². The van der Waals surface area contributed by atoms with Gasteiger partial charge in [-0.1, -0.05) is 40.4 Å². The molecule has 3 amide bonds. The van der Waals surface area contributed by atoms with Crippen LogP contribution < -0.4 is 5.32 Å². The summed E-state index contributed by atoms with van der Waals surface area (Å²) in [5, 5.41) is 10.7. The predicted octanol–water partition coefficient (Wildman–Crippen LogP) is 3.28. The van der Waals surface area contributed by atoms with Gasteiger partial charge >= 0.3 is 6.01 Å². The minimum atomic E-state index is -0.658. The van der Waals surface area contributed by atoms with E-state index >= 15 is 0 Å². The van der Waals surface area contributed by atoms with Gasteiger partial charge in [-0.05, 0) is 30.3 Å². The molecule has 0 atom stereocenters. The molecule has 0 fully saturated rings. The van der Waals surface area contributed by atoms with Gasteiger partial charge in [-0.3, -0.25) is 24.6 Å². The fourth-order valence-electron chi connectivity index (χ4n) is 2.75. The van der Waals surface area contributed by atoms with Gasteiger partial charge in [0.25, 0.3) is 11.8 Å². The summed E-state index contributed by atoms with van der Waals surface area (Å²) in [6.45, 7) is -0.479. The molecular formula is C18H10Cl2N4O4. The molecule has 0 aliphatic carbocycles. The van der Waals surface area contributed by atoms with Crippen molar-refractivity contribution in [2.24, 2.45) is 0 Å². The molecular weight excluding hydrogens is 407 g/mol. The van der Waals surface area contributed by atoms with Crippen LogP contribution in [-0.2, 0) is 4.79 Å². The van der Waals surface area contributed by atoms with Crippen LogP contribution in [0.25, 0.3) is 11.5 Å². The molecule has 0 bridgehead atoms. The van der Waals surface area contributed by atoms with E-state index in [0.29, 0.717) is 15.6 Å². The molecule has 28 heavy (non-hydrogen) atoms. The Hall–Kier alpha value is -3.23. The molecule has 0 unspecified atom stereocenters. The van der Waals surface area contributed by atoms with Crippen LogP contribution in [0.1, 0.15) is 20.7 Å². The molecule has 140 valence electrons. The fraction of sp³-hybridized carbons (Fsp3) is 0.0556. The minimum absolute atomic E-state index is 0.0976. The third-order valence-corrected chi connectivity index (χ3v) is 4.40. The minimum Gasteiger partial charge on any atom is -0.403 e. The molecule has 3 aromatic rings. The van der Waals surface area contributed by atoms with Gasteiger partial charge in [0.15, 0.2) is 0 Å². The van der Waals surface area contributed by atoms with Crippen molar-refractivity contribution in [3.05, 3.63) is 63.6 Å². The van der Waals surface area contributed by atoms with Gasteiger partial charge in [-0.15, -0.1) is 5.10 Å². The second-order valence-corrected chi connectivity index (χ2v) is 6.73. The molecule has 4 rings (SSSR count). The third-order valence-electron chi connectivity index (χ3n) is 3.96. The second-order valence-electron chi connectivity index (χ2n) is 5.86. The van der Waals surface area contributed by atoms with Crippen molar-refractivity contribution in [2.75, 3.05) is 11.9 Å². The largest absolute Gasteiger partial charge is 0.403 e. The number of amides is 3. The van der Waals surface area contributed by atoms with Gasteiger partial charge in [-0.2, -0.15) is 0 Å². The molecule has 1 aromatic heterocycles. The van der Waals surface area contributed by atoms with Crippen molar-refractivity contribution in [2.45, 2.75) is 0 Å². The van der Waals surface area contributed by atoms with Crippen LogP contribution >= 0.6 is 23.2 Å². The molecule has 2 heterocycles. The van der Waals surface area contributed by atoms with E-state index in [9.17, 15) is 14.4 Å². The number of halogens is 2. The zero-order chi connectivity index (χ0) is 19.8. The molecule has 0 saturated heterocycles. The normalized spacial score (nSPS) is 13.0. The first-order valence-electron chi connectivity index (χ1n) is 7.97. The monoisotopic (exact) mass is 416 g/mol. The SMILES string of the molecule is O=C(CN1C(=O)c2ccccc2C1=O)Nc1nnc(-c2cc(Cl)cc(Cl)c2)o1. The van der Waals surface area contributed by atoms with Crippen molar-refractivity contribution in [1.82, 2.24) is 15.1 Å². The quantitative estimate of drug-likeness (QED) is 0.654. The van der Waals surface area contributed by atoms with E-state index in [2.05, 4.69) is 15.5 Å². The van der Waals surface area contributed by atoms with E-state index in [4.69, 9.17) is 27.6 Å². The predicted molar refractivity (Wildman–Crippen MR) is 100 cm³/mol. The molecule has 0 radical (unpaired) electrons. The van der Waals surface area contributed by atoms with Crippen molar-refractivity contribution < 1.29 is 18.8 Å². The van der Waals surface area contributed by atoms with Crippen LogP contribution in [0.3, 0.4) is 0 Å². The van der Waals surface area contributed by atoms with Crippen LogP contribution in [0.15, 0.2) is 46.9 Å². The number of hydrogen-bond acceptors (Lipinski definition) is 6. The lowest BCUT2D eigenvalue weighted by Crippen LogP contribution is -2.37. The third kappa shape index (κ3) is 3.35. The van der Waals surface area contributed by atoms with Crippen LogP contribution in [0.4, 0.5) is 6.01 Å². The van der Waals surface area contributed by atoms with Gasteiger partial charge in [-0.25, -0.2) is 0 Å². The van der Waals surface area contributed by atoms with Gasteiger partial charge in [0.2, 0.25) is 11.8 Å². The van der Waals surface area contributed by atoms with Crippen LogP contribution in [0, 0.1) is 0 Å². The van der Waals surface area contributed by atoms with Crippen LogP contribution in [-0.4, -0.2) is 39.4 Å². The number of rotatable bonds is 4. The van der Waals surface area contributed by atoms with E-state index in [1.807, 2.05) is 0 Å². The first kappa shape index (κ1) is 18.1. The first-order chi connectivity index (χ1) is 13.4. The number of imide groups is 1. The Bertz CT molecular complexity index is 1070. The lowest BCUT2D eigenvalue weighted by atomic mass is 10.1. The Kier molecular flexibility index (Phi) is 4.58. The molecule has 1 N–H and O–H groups in total. The number of carbonyl (C=O) groups excluding carboxylic acids is 3. The van der Waals surface area contributed by atoms with Crippen molar-refractivity contribution >= 4 is 46.9 Å². The molecule has 0 saturated carbocycles. The van der Waals surface area contributed by atoms with E-state index in [1.54, 1.807) is 30.3 Å². The number of aromatic nitrogens is 2. The number of anilines is 1. The van der Waals surface area contributed by atoms with Gasteiger partial charge in [0.05, 0.1) is 11.1 Å². The lowest BCUT2D eigenvalue weighted by molar-refractivity contribution is -0.116. The second kappa shape index (κ2) is 7.06. The summed E-state index contributed by atoms with van der Waals surface area (Å²) in [5.41, 5.74) is 1.00. The Morgan fingerprint density at radius 1 is 1.00 bits per heavy atom. The molecule has 1 aliphatic rings. The standard InChI is InChI=1S/C18H10Cl2N4O4/c19-10-5-9(6-11(20)7-10)15-22-23-18(28-15)21-14(25)8-24-16(26)12-3-1-2-4-13(12)17(24)27/h1-7H,8H2,(H,21,23,25). The molecule has 2 aromatic carbocycles. The maximum atomic E-state index is 12.3. The van der Waals surface area contributed by atoms with Crippen molar-refractivity contribution in [3.63, 3.8) is 0 Å². The molecule has 0 spiro atoms. The van der Waals surface area contributed by atoms with E-state index in [0.717, 1.165) is 4.90 Å². The Morgan fingerprint density at radius 2 is 1.61 bits per heavy atom. The highest BCUT2D eigenvalue weighted by Crippen LogP contribution is 2.27. The zero-order valence-corrected chi connectivity index (χ0v) is 15.5. The van der Waals surface area contributed by atoms with E-state index in [1.165, 1.54) is 12.1 Å². The van der Waals surface area contributed by atoms with Gasteiger partial charge in [0.1, 0.15) is 6.54 Å². The maximum Gasteiger partial charge on any atom is 0.322 e. The Balaban J connectivity index is 1.46. The summed E-state index contributed by atoms with van der Waals surface area (Å²) < 4.78 is 5.37. The number of benzene rings is 2. The first-order valence-corrected chi connectivity index (χ1v) is 8.73. The highest BCUT2D eigenvalue weighted by molar-refractivity contribution is 6.35. The summed E-state index contributed by atoms with van der Waals surface area (Å²) in [4.78, 5) is 37.7. The summed E-state index contributed by atoms with van der Waals surface area (Å²) in [6.07, 6.45) is 0. The smallest absolute Gasteiger partial charge is 0.322 e. The lowest BCUT2D eigenvalue weighted by Gasteiger charge is -2.12. The Morgan fingerprint density at radius 3 is 2.21 bits per heavy atom. The molecule has 10 heteroatoms. The highest BCUT2D eigenvalue weighted by atomic mass is 35.5. The summed E-state index contributed by atoms with van der Waals surface area (Å²) in [7, 11) is 0. The van der Waals surface area contributed by atoms with Crippen molar-refractivity contribution in [3.8, 4) is 11.5 Å². The van der Waals surface area contributed by atoms with Crippen LogP contribution in [0.5, 0.6) is 0 Å². The fourth-order valence-corrected chi connectivity index (χ4v) is 3.28. The summed E-state index contributed by atoms with van der Waals surface area (Å²) in [6, 6.07) is 10.9. The molecule has 8 nitrogen and oxygen atoms in total. The van der Waals surface area contributed by atoms with E-state index < -0.39 is 24.3 Å². The van der Waals surface area contributed by atoms with Crippen molar-refractivity contribution in [1.29, 1.82) is 0 Å². The number of nitrogens with zero attached hydrogens (tertiary/aromatic N) is 3. The highest BCUT2D eigenvalue weighted by Gasteiger charge is 2.36. The average molecular weight is 417 g/mol. The number of hydrogen-bond donors (Lipinski definition) is 1. The zero-order valence-electron chi connectivity index (χ0n) is 14.0.